The number of aromatic nitrogens is 2. The van der Waals surface area contributed by atoms with Gasteiger partial charge in [0.2, 0.25) is 0 Å². The molecule has 1 heterocycles. The lowest BCUT2D eigenvalue weighted by molar-refractivity contribution is 0.0825. The molecule has 0 bridgehead atoms. The van der Waals surface area contributed by atoms with Crippen LogP contribution in [0.4, 0.5) is 0 Å². The van der Waals surface area contributed by atoms with Crippen molar-refractivity contribution < 1.29 is 4.79 Å². The van der Waals surface area contributed by atoms with Crippen molar-refractivity contribution >= 4 is 5.78 Å². The summed E-state index contributed by atoms with van der Waals surface area (Å²) in [7, 11) is 5.55. The van der Waals surface area contributed by atoms with Crippen molar-refractivity contribution in [2.75, 3.05) is 14.1 Å². The largest absolute Gasteiger partial charge is 0.299 e. The fourth-order valence-corrected chi connectivity index (χ4v) is 3.13. The molecule has 1 unspecified atom stereocenters. The number of carbonyl (C=O) groups excluding carboxylic acids is 1. The van der Waals surface area contributed by atoms with Gasteiger partial charge in [0.1, 0.15) is 5.56 Å². The highest BCUT2D eigenvalue weighted by Crippen LogP contribution is 2.17. The van der Waals surface area contributed by atoms with E-state index in [0.717, 1.165) is 5.69 Å². The number of Topliss-reactive ketones (excluding diaryl/α,β-unsaturated/α-hetero) is 1. The Morgan fingerprint density at radius 2 is 1.70 bits per heavy atom. The zero-order valence-corrected chi connectivity index (χ0v) is 14.7. The predicted octanol–water partition coefficient (Wildman–Crippen LogP) is 2.25. The Morgan fingerprint density at radius 3 is 2.17 bits per heavy atom. The molecule has 0 aliphatic rings. The Balaban J connectivity index is 2.62. The van der Waals surface area contributed by atoms with Crippen molar-refractivity contribution in [2.24, 2.45) is 13.0 Å². The first-order valence-corrected chi connectivity index (χ1v) is 7.82. The number of hydrogen-bond acceptors (Lipinski definition) is 3. The molecule has 2 aromatic rings. The standard InChI is InChI=1S/C18H25N3O2/c1-12(2)16(19(4)5)17(22)15-13(3)20(6)21(18(15)23)14-10-8-7-9-11-14/h7-12,16H,1-6H3. The summed E-state index contributed by atoms with van der Waals surface area (Å²) in [6, 6.07) is 9.07. The van der Waals surface area contributed by atoms with Gasteiger partial charge in [-0.1, -0.05) is 32.0 Å². The van der Waals surface area contributed by atoms with E-state index < -0.39 is 0 Å². The molecule has 124 valence electrons. The average Bonchev–Trinajstić information content (AvgIpc) is 2.69. The van der Waals surface area contributed by atoms with Crippen LogP contribution in [0.1, 0.15) is 29.9 Å². The van der Waals surface area contributed by atoms with Crippen LogP contribution in [0.15, 0.2) is 35.1 Å². The summed E-state index contributed by atoms with van der Waals surface area (Å²) in [6.07, 6.45) is 0. The molecule has 0 spiro atoms. The molecule has 0 radical (unpaired) electrons. The maximum atomic E-state index is 13.0. The lowest BCUT2D eigenvalue weighted by Crippen LogP contribution is -2.42. The average molecular weight is 315 g/mol. The summed E-state index contributed by atoms with van der Waals surface area (Å²) in [5.74, 6) is 0.0134. The van der Waals surface area contributed by atoms with E-state index in [0.29, 0.717) is 5.69 Å². The number of likely N-dealkylation sites (N-methyl/N-ethyl adjacent to an activating group) is 1. The minimum Gasteiger partial charge on any atom is -0.299 e. The van der Waals surface area contributed by atoms with Gasteiger partial charge in [-0.25, -0.2) is 4.68 Å². The van der Waals surface area contributed by atoms with Gasteiger partial charge in [-0.2, -0.15) is 0 Å². The van der Waals surface area contributed by atoms with Crippen LogP contribution in [-0.4, -0.2) is 40.2 Å². The molecule has 1 atom stereocenters. The maximum absolute atomic E-state index is 13.0. The molecule has 23 heavy (non-hydrogen) atoms. The van der Waals surface area contributed by atoms with Crippen LogP contribution in [-0.2, 0) is 7.05 Å². The second-order valence-electron chi connectivity index (χ2n) is 6.45. The molecule has 0 saturated carbocycles. The molecule has 2 rings (SSSR count). The van der Waals surface area contributed by atoms with E-state index in [-0.39, 0.29) is 28.9 Å². The van der Waals surface area contributed by atoms with Gasteiger partial charge in [0, 0.05) is 12.7 Å². The highest BCUT2D eigenvalue weighted by molar-refractivity contribution is 6.01. The third-order valence-corrected chi connectivity index (χ3v) is 4.26. The van der Waals surface area contributed by atoms with E-state index in [2.05, 4.69) is 0 Å². The van der Waals surface area contributed by atoms with Crippen molar-refractivity contribution in [2.45, 2.75) is 26.8 Å². The first-order valence-electron chi connectivity index (χ1n) is 7.82. The maximum Gasteiger partial charge on any atom is 0.282 e. The van der Waals surface area contributed by atoms with Gasteiger partial charge >= 0.3 is 0 Å². The molecule has 0 N–H and O–H groups in total. The number of ketones is 1. The quantitative estimate of drug-likeness (QED) is 0.795. The Morgan fingerprint density at radius 1 is 1.13 bits per heavy atom. The van der Waals surface area contributed by atoms with Crippen LogP contribution in [0.2, 0.25) is 0 Å². The highest BCUT2D eigenvalue weighted by Gasteiger charge is 2.31. The van der Waals surface area contributed by atoms with Crippen molar-refractivity contribution in [1.29, 1.82) is 0 Å². The van der Waals surface area contributed by atoms with Gasteiger partial charge in [0.25, 0.3) is 5.56 Å². The van der Waals surface area contributed by atoms with E-state index in [9.17, 15) is 9.59 Å². The van der Waals surface area contributed by atoms with E-state index in [1.807, 2.05) is 70.1 Å². The van der Waals surface area contributed by atoms with Crippen molar-refractivity contribution in [3.63, 3.8) is 0 Å². The first kappa shape index (κ1) is 17.2. The third-order valence-electron chi connectivity index (χ3n) is 4.26. The molecule has 1 aromatic heterocycles. The zero-order chi connectivity index (χ0) is 17.3. The first-order chi connectivity index (χ1) is 10.8. The van der Waals surface area contributed by atoms with Crippen LogP contribution in [0, 0.1) is 12.8 Å². The SMILES string of the molecule is Cc1c(C(=O)C(C(C)C)N(C)C)c(=O)n(-c2ccccc2)n1C. The van der Waals surface area contributed by atoms with Gasteiger partial charge in [0.05, 0.1) is 11.7 Å². The number of nitrogens with zero attached hydrogens (tertiary/aromatic N) is 3. The van der Waals surface area contributed by atoms with Gasteiger partial charge < -0.3 is 0 Å². The predicted molar refractivity (Wildman–Crippen MR) is 92.4 cm³/mol. The number of benzene rings is 1. The van der Waals surface area contributed by atoms with E-state index >= 15 is 0 Å². The molecular formula is C18H25N3O2. The number of carbonyl (C=O) groups is 1. The van der Waals surface area contributed by atoms with Crippen molar-refractivity contribution in [3.05, 3.63) is 51.9 Å². The molecule has 0 fully saturated rings. The fourth-order valence-electron chi connectivity index (χ4n) is 3.13. The van der Waals surface area contributed by atoms with E-state index in [4.69, 9.17) is 0 Å². The summed E-state index contributed by atoms with van der Waals surface area (Å²) >= 11 is 0. The Bertz CT molecular complexity index is 747. The Hall–Kier alpha value is -2.14. The summed E-state index contributed by atoms with van der Waals surface area (Å²) in [4.78, 5) is 27.8. The van der Waals surface area contributed by atoms with Crippen LogP contribution >= 0.6 is 0 Å². The van der Waals surface area contributed by atoms with E-state index in [1.165, 1.54) is 0 Å². The molecule has 0 aliphatic carbocycles. The van der Waals surface area contributed by atoms with Crippen LogP contribution in [0.25, 0.3) is 5.69 Å². The minimum absolute atomic E-state index is 0.113. The fraction of sp³-hybridized carbons (Fsp3) is 0.444. The Kier molecular flexibility index (Phi) is 4.90. The molecule has 5 heteroatoms. The van der Waals surface area contributed by atoms with Crippen LogP contribution < -0.4 is 5.56 Å². The zero-order valence-electron chi connectivity index (χ0n) is 14.7. The summed E-state index contributed by atoms with van der Waals surface area (Å²) < 4.78 is 3.30. The van der Waals surface area contributed by atoms with Gasteiger partial charge in [-0.3, -0.25) is 19.2 Å². The second kappa shape index (κ2) is 6.54. The lowest BCUT2D eigenvalue weighted by atomic mass is 9.94. The third kappa shape index (κ3) is 3.01. The van der Waals surface area contributed by atoms with Crippen LogP contribution in [0.5, 0.6) is 0 Å². The molecule has 0 saturated heterocycles. The van der Waals surface area contributed by atoms with Gasteiger partial charge in [0.15, 0.2) is 5.78 Å². The van der Waals surface area contributed by atoms with Gasteiger partial charge in [-0.15, -0.1) is 0 Å². The lowest BCUT2D eigenvalue weighted by Gasteiger charge is -2.26. The van der Waals surface area contributed by atoms with E-state index in [1.54, 1.807) is 16.4 Å². The molecular weight excluding hydrogens is 290 g/mol. The highest BCUT2D eigenvalue weighted by atomic mass is 16.2. The van der Waals surface area contributed by atoms with Crippen molar-refractivity contribution in [1.82, 2.24) is 14.3 Å². The Labute approximate surface area is 137 Å². The number of rotatable bonds is 5. The number of hydrogen-bond donors (Lipinski definition) is 0. The molecule has 0 amide bonds. The second-order valence-corrected chi connectivity index (χ2v) is 6.45. The minimum atomic E-state index is -0.312. The summed E-state index contributed by atoms with van der Waals surface area (Å²) in [5, 5.41) is 0. The monoisotopic (exact) mass is 315 g/mol. The number of para-hydroxylation sites is 1. The van der Waals surface area contributed by atoms with Crippen molar-refractivity contribution in [3.8, 4) is 5.69 Å². The van der Waals surface area contributed by atoms with Gasteiger partial charge in [-0.05, 0) is 39.1 Å². The molecule has 1 aromatic carbocycles. The normalized spacial score (nSPS) is 12.9. The van der Waals surface area contributed by atoms with Crippen LogP contribution in [0.3, 0.4) is 0 Å². The summed E-state index contributed by atoms with van der Waals surface area (Å²) in [6.45, 7) is 5.81. The molecule has 0 aliphatic heterocycles. The molecule has 5 nitrogen and oxygen atoms in total. The topological polar surface area (TPSA) is 47.2 Å². The summed E-state index contributed by atoms with van der Waals surface area (Å²) in [5.41, 5.74) is 1.47. The smallest absolute Gasteiger partial charge is 0.282 e.